The minimum absolute atomic E-state index is 0.0529. The zero-order valence-corrected chi connectivity index (χ0v) is 17.7. The summed E-state index contributed by atoms with van der Waals surface area (Å²) < 4.78 is 38.3. The molecule has 0 saturated carbocycles. The van der Waals surface area contributed by atoms with E-state index in [1.54, 1.807) is 0 Å². The molecule has 0 bridgehead atoms. The highest BCUT2D eigenvalue weighted by Crippen LogP contribution is 2.31. The number of rotatable bonds is 6. The van der Waals surface area contributed by atoms with Crippen LogP contribution in [0.5, 0.6) is 0 Å². The van der Waals surface area contributed by atoms with E-state index in [2.05, 4.69) is 5.32 Å². The Kier molecular flexibility index (Phi) is 6.26. The number of hydrogen-bond donors (Lipinski definition) is 3. The number of aliphatic carboxylic acids is 1. The van der Waals surface area contributed by atoms with Gasteiger partial charge in [0.15, 0.2) is 6.10 Å². The summed E-state index contributed by atoms with van der Waals surface area (Å²) in [5, 5.41) is 26.0. The average Bonchev–Trinajstić information content (AvgIpc) is 2.82. The standard InChI is InChI=1S/C26H20F3NO4/c27-26(28,29)18-11-9-15(10-12-18)23(31)24(32)30-22(25(33)34)14-21-19-7-3-1-5-16(19)13-17-6-2-4-8-20(17)21/h1-13,22-23,31H,14H2,(H,30,32)(H,33,34)/t22-,23+/m1/s1. The number of fused-ring (bicyclic) bond motifs is 2. The van der Waals surface area contributed by atoms with Gasteiger partial charge in [0.05, 0.1) is 5.56 Å². The first-order valence-corrected chi connectivity index (χ1v) is 10.4. The van der Waals surface area contributed by atoms with Crippen LogP contribution in [0.25, 0.3) is 21.5 Å². The Labute approximate surface area is 192 Å². The predicted molar refractivity (Wildman–Crippen MR) is 121 cm³/mol. The van der Waals surface area contributed by atoms with Gasteiger partial charge in [0.2, 0.25) is 0 Å². The number of carboxylic acids is 1. The Hall–Kier alpha value is -3.91. The van der Waals surface area contributed by atoms with Crippen LogP contribution in [0.15, 0.2) is 78.9 Å². The number of hydrogen-bond acceptors (Lipinski definition) is 3. The maximum atomic E-state index is 12.8. The van der Waals surface area contributed by atoms with Crippen molar-refractivity contribution in [3.63, 3.8) is 0 Å². The molecule has 1 amide bonds. The van der Waals surface area contributed by atoms with E-state index >= 15 is 0 Å². The lowest BCUT2D eigenvalue weighted by Gasteiger charge is -2.20. The lowest BCUT2D eigenvalue weighted by atomic mass is 9.92. The average molecular weight is 467 g/mol. The third-order valence-corrected chi connectivity index (χ3v) is 5.71. The van der Waals surface area contributed by atoms with Crippen LogP contribution < -0.4 is 5.32 Å². The van der Waals surface area contributed by atoms with Gasteiger partial charge in [-0.1, -0.05) is 60.7 Å². The summed E-state index contributed by atoms with van der Waals surface area (Å²) in [6.45, 7) is 0. The molecule has 0 aromatic heterocycles. The summed E-state index contributed by atoms with van der Waals surface area (Å²) in [6, 6.07) is 19.1. The number of aliphatic hydroxyl groups is 1. The first-order chi connectivity index (χ1) is 16.1. The van der Waals surface area contributed by atoms with Crippen molar-refractivity contribution in [2.75, 3.05) is 0 Å². The van der Waals surface area contributed by atoms with Crippen molar-refractivity contribution in [2.45, 2.75) is 24.7 Å². The van der Waals surface area contributed by atoms with Crippen LogP contribution in [0.2, 0.25) is 0 Å². The number of benzene rings is 4. The fraction of sp³-hybridized carbons (Fsp3) is 0.154. The Morgan fingerprint density at radius 1 is 0.853 bits per heavy atom. The molecule has 0 spiro atoms. The summed E-state index contributed by atoms with van der Waals surface area (Å²) in [4.78, 5) is 24.6. The molecule has 0 fully saturated rings. The van der Waals surface area contributed by atoms with Crippen molar-refractivity contribution >= 4 is 33.4 Å². The molecule has 4 aromatic rings. The molecule has 4 rings (SSSR count). The highest BCUT2D eigenvalue weighted by Gasteiger charge is 2.31. The lowest BCUT2D eigenvalue weighted by Crippen LogP contribution is -2.44. The molecule has 4 aromatic carbocycles. The minimum Gasteiger partial charge on any atom is -0.480 e. The fourth-order valence-electron chi connectivity index (χ4n) is 3.99. The van der Waals surface area contributed by atoms with E-state index in [4.69, 9.17) is 0 Å². The molecule has 34 heavy (non-hydrogen) atoms. The lowest BCUT2D eigenvalue weighted by molar-refractivity contribution is -0.143. The molecule has 0 aliphatic heterocycles. The maximum absolute atomic E-state index is 12.8. The van der Waals surface area contributed by atoms with Crippen molar-refractivity contribution < 1.29 is 33.0 Å². The third kappa shape index (κ3) is 4.72. The van der Waals surface area contributed by atoms with Gasteiger partial charge in [0.25, 0.3) is 5.91 Å². The van der Waals surface area contributed by atoms with E-state index in [0.717, 1.165) is 51.4 Å². The van der Waals surface area contributed by atoms with Crippen LogP contribution in [0.3, 0.4) is 0 Å². The van der Waals surface area contributed by atoms with E-state index in [9.17, 15) is 33.0 Å². The quantitative estimate of drug-likeness (QED) is 0.354. The SMILES string of the molecule is O=C(N[C@H](Cc1c2ccccc2cc2ccccc12)C(=O)O)[C@@H](O)c1ccc(C(F)(F)F)cc1. The highest BCUT2D eigenvalue weighted by atomic mass is 19.4. The van der Waals surface area contributed by atoms with Gasteiger partial charge in [0.1, 0.15) is 6.04 Å². The summed E-state index contributed by atoms with van der Waals surface area (Å²) >= 11 is 0. The molecule has 174 valence electrons. The number of carbonyl (C=O) groups is 2. The molecule has 8 heteroatoms. The van der Waals surface area contributed by atoms with Gasteiger partial charge in [-0.25, -0.2) is 4.79 Å². The van der Waals surface area contributed by atoms with Crippen LogP contribution >= 0.6 is 0 Å². The Bertz CT molecular complexity index is 1310. The van der Waals surface area contributed by atoms with Crippen molar-refractivity contribution in [2.24, 2.45) is 0 Å². The molecule has 5 nitrogen and oxygen atoms in total. The van der Waals surface area contributed by atoms with Gasteiger partial charge in [-0.3, -0.25) is 4.79 Å². The number of alkyl halides is 3. The Morgan fingerprint density at radius 3 is 1.88 bits per heavy atom. The van der Waals surface area contributed by atoms with Crippen molar-refractivity contribution in [1.82, 2.24) is 5.32 Å². The summed E-state index contributed by atoms with van der Waals surface area (Å²) in [7, 11) is 0. The number of carboxylic acid groups (broad SMARTS) is 1. The largest absolute Gasteiger partial charge is 0.480 e. The molecule has 0 saturated heterocycles. The summed E-state index contributed by atoms with van der Waals surface area (Å²) in [6.07, 6.45) is -6.43. The highest BCUT2D eigenvalue weighted by molar-refractivity contribution is 6.02. The van der Waals surface area contributed by atoms with E-state index in [-0.39, 0.29) is 12.0 Å². The summed E-state index contributed by atoms with van der Waals surface area (Å²) in [5.41, 5.74) is -0.272. The predicted octanol–water partition coefficient (Wildman–Crippen LogP) is 4.86. The third-order valence-electron chi connectivity index (χ3n) is 5.71. The van der Waals surface area contributed by atoms with Crippen molar-refractivity contribution in [3.8, 4) is 0 Å². The van der Waals surface area contributed by atoms with Crippen molar-refractivity contribution in [1.29, 1.82) is 0 Å². The first-order valence-electron chi connectivity index (χ1n) is 10.4. The second kappa shape index (κ2) is 9.15. The smallest absolute Gasteiger partial charge is 0.416 e. The second-order valence-electron chi connectivity index (χ2n) is 7.92. The number of amides is 1. The molecule has 3 N–H and O–H groups in total. The van der Waals surface area contributed by atoms with Crippen LogP contribution in [0.4, 0.5) is 13.2 Å². The summed E-state index contributed by atoms with van der Waals surface area (Å²) in [5.74, 6) is -2.32. The minimum atomic E-state index is -4.55. The van der Waals surface area contributed by atoms with E-state index in [1.807, 2.05) is 54.6 Å². The van der Waals surface area contributed by atoms with Crippen LogP contribution in [-0.4, -0.2) is 28.1 Å². The Balaban J connectivity index is 1.62. The van der Waals surface area contributed by atoms with Gasteiger partial charge in [0, 0.05) is 6.42 Å². The molecular formula is C26H20F3NO4. The molecule has 0 aliphatic carbocycles. The van der Waals surface area contributed by atoms with E-state index in [1.165, 1.54) is 0 Å². The van der Waals surface area contributed by atoms with E-state index in [0.29, 0.717) is 0 Å². The second-order valence-corrected chi connectivity index (χ2v) is 7.92. The molecular weight excluding hydrogens is 447 g/mol. The normalized spacial score (nSPS) is 13.5. The topological polar surface area (TPSA) is 86.6 Å². The number of aliphatic hydroxyl groups excluding tert-OH is 1. The number of nitrogens with one attached hydrogen (secondary N) is 1. The van der Waals surface area contributed by atoms with Gasteiger partial charge in [-0.15, -0.1) is 0 Å². The fourth-order valence-corrected chi connectivity index (χ4v) is 3.99. The zero-order valence-electron chi connectivity index (χ0n) is 17.7. The van der Waals surface area contributed by atoms with Gasteiger partial charge in [-0.2, -0.15) is 13.2 Å². The molecule has 0 radical (unpaired) electrons. The van der Waals surface area contributed by atoms with Crippen LogP contribution in [0, 0.1) is 0 Å². The van der Waals surface area contributed by atoms with Gasteiger partial charge >= 0.3 is 12.1 Å². The van der Waals surface area contributed by atoms with Crippen LogP contribution in [0.1, 0.15) is 22.8 Å². The van der Waals surface area contributed by atoms with Gasteiger partial charge < -0.3 is 15.5 Å². The maximum Gasteiger partial charge on any atom is 0.416 e. The monoisotopic (exact) mass is 467 g/mol. The van der Waals surface area contributed by atoms with Gasteiger partial charge in [-0.05, 0) is 50.9 Å². The number of carbonyl (C=O) groups excluding carboxylic acids is 1. The zero-order chi connectivity index (χ0) is 24.5. The van der Waals surface area contributed by atoms with Crippen molar-refractivity contribution in [3.05, 3.63) is 95.6 Å². The molecule has 0 aliphatic rings. The number of halogens is 3. The molecule has 0 unspecified atom stereocenters. The molecule has 2 atom stereocenters. The Morgan fingerprint density at radius 2 is 1.38 bits per heavy atom. The van der Waals surface area contributed by atoms with E-state index < -0.39 is 35.8 Å². The van der Waals surface area contributed by atoms with Crippen LogP contribution in [-0.2, 0) is 22.2 Å². The first kappa shape index (κ1) is 23.3. The molecule has 0 heterocycles.